The van der Waals surface area contributed by atoms with Crippen molar-refractivity contribution >= 4 is 26.7 Å². The van der Waals surface area contributed by atoms with Gasteiger partial charge in [-0.1, -0.05) is 6.92 Å². The van der Waals surface area contributed by atoms with E-state index in [1.807, 2.05) is 20.8 Å². The second-order valence-electron chi connectivity index (χ2n) is 9.58. The Hall–Kier alpha value is -3.02. The van der Waals surface area contributed by atoms with Crippen molar-refractivity contribution in [1.82, 2.24) is 25.0 Å². The normalized spacial score (nSPS) is 18.0. The monoisotopic (exact) mass is 507 g/mol. The van der Waals surface area contributed by atoms with Gasteiger partial charge in [-0.2, -0.15) is 5.10 Å². The Morgan fingerprint density at radius 1 is 1.20 bits per heavy atom. The summed E-state index contributed by atoms with van der Waals surface area (Å²) >= 11 is 0. The molecule has 1 aliphatic rings. The zero-order valence-corrected chi connectivity index (χ0v) is 20.8. The van der Waals surface area contributed by atoms with Gasteiger partial charge in [0, 0.05) is 31.0 Å². The maximum atomic E-state index is 14.7. The molecule has 3 aromatic heterocycles. The third-order valence-corrected chi connectivity index (χ3v) is 7.87. The number of carbonyl (C=O) groups excluding carboxylic acids is 1. The van der Waals surface area contributed by atoms with Crippen LogP contribution in [0.5, 0.6) is 5.88 Å². The van der Waals surface area contributed by atoms with E-state index in [1.165, 1.54) is 13.0 Å². The quantitative estimate of drug-likeness (QED) is 0.439. The molecule has 12 heteroatoms. The van der Waals surface area contributed by atoms with Gasteiger partial charge in [-0.25, -0.2) is 22.2 Å². The summed E-state index contributed by atoms with van der Waals surface area (Å²) in [6, 6.07) is 2.67. The third kappa shape index (κ3) is 5.31. The summed E-state index contributed by atoms with van der Waals surface area (Å²) in [6.07, 6.45) is 0.253. The standard InChI is InChI=1S/C23H27F2N5O4S/c1-13(2)30-18-10-17(19(31)11-23(4)5-7-35(32,33)8-6-23)27-28-22(18)21(29-30)15-9-20(34-14(3)24)26-12-16(15)25/h9-10,12-14H,5-8,11H2,1-4H3. The molecule has 0 bridgehead atoms. The Bertz CT molecular complexity index is 1370. The van der Waals surface area contributed by atoms with E-state index in [0.717, 1.165) is 6.20 Å². The molecule has 4 heterocycles. The number of ketones is 1. The van der Waals surface area contributed by atoms with Gasteiger partial charge in [-0.15, -0.1) is 10.2 Å². The van der Waals surface area contributed by atoms with E-state index in [9.17, 15) is 22.0 Å². The molecule has 0 spiro atoms. The number of Topliss-reactive ketones (excluding diaryl/α,β-unsaturated/α-hetero) is 1. The van der Waals surface area contributed by atoms with Crippen LogP contribution in [-0.2, 0) is 9.84 Å². The molecule has 35 heavy (non-hydrogen) atoms. The molecule has 1 fully saturated rings. The second-order valence-corrected chi connectivity index (χ2v) is 11.9. The van der Waals surface area contributed by atoms with Gasteiger partial charge in [0.05, 0.1) is 23.2 Å². The maximum absolute atomic E-state index is 14.7. The van der Waals surface area contributed by atoms with Crippen molar-refractivity contribution in [3.8, 4) is 17.1 Å². The summed E-state index contributed by atoms with van der Waals surface area (Å²) in [5.74, 6) is -0.917. The maximum Gasteiger partial charge on any atom is 0.237 e. The van der Waals surface area contributed by atoms with Crippen molar-refractivity contribution in [1.29, 1.82) is 0 Å². The average Bonchev–Trinajstić information content (AvgIpc) is 3.16. The highest BCUT2D eigenvalue weighted by Crippen LogP contribution is 2.37. The van der Waals surface area contributed by atoms with Gasteiger partial charge in [-0.3, -0.25) is 9.48 Å². The van der Waals surface area contributed by atoms with Crippen molar-refractivity contribution < 1.29 is 26.7 Å². The Balaban J connectivity index is 1.71. The number of hydrogen-bond donors (Lipinski definition) is 0. The number of carbonyl (C=O) groups is 1. The predicted molar refractivity (Wildman–Crippen MR) is 125 cm³/mol. The van der Waals surface area contributed by atoms with E-state index in [0.29, 0.717) is 18.4 Å². The molecule has 0 saturated carbocycles. The molecular weight excluding hydrogens is 480 g/mol. The first-order valence-electron chi connectivity index (χ1n) is 11.3. The number of aromatic nitrogens is 5. The molecule has 188 valence electrons. The van der Waals surface area contributed by atoms with Gasteiger partial charge >= 0.3 is 0 Å². The first kappa shape index (κ1) is 25.1. The second kappa shape index (κ2) is 9.21. The van der Waals surface area contributed by atoms with E-state index in [2.05, 4.69) is 20.3 Å². The average molecular weight is 508 g/mol. The Morgan fingerprint density at radius 2 is 1.89 bits per heavy atom. The van der Waals surface area contributed by atoms with Crippen LogP contribution in [0.1, 0.15) is 63.5 Å². The third-order valence-electron chi connectivity index (χ3n) is 6.22. The van der Waals surface area contributed by atoms with Crippen LogP contribution in [0.4, 0.5) is 8.78 Å². The fourth-order valence-electron chi connectivity index (χ4n) is 4.16. The minimum atomic E-state index is -3.05. The Kier molecular flexibility index (Phi) is 6.60. The molecule has 0 aliphatic carbocycles. The fraction of sp³-hybridized carbons (Fsp3) is 0.522. The molecule has 1 saturated heterocycles. The molecule has 0 N–H and O–H groups in total. The molecule has 1 atom stereocenters. The van der Waals surface area contributed by atoms with E-state index in [1.54, 1.807) is 10.7 Å². The molecule has 1 unspecified atom stereocenters. The van der Waals surface area contributed by atoms with Gasteiger partial charge in [0.15, 0.2) is 11.6 Å². The Morgan fingerprint density at radius 3 is 2.51 bits per heavy atom. The van der Waals surface area contributed by atoms with E-state index in [-0.39, 0.29) is 58.1 Å². The first-order chi connectivity index (χ1) is 16.4. The zero-order chi connectivity index (χ0) is 25.5. The van der Waals surface area contributed by atoms with Crippen molar-refractivity contribution in [2.45, 2.75) is 59.4 Å². The minimum absolute atomic E-state index is 0.0179. The van der Waals surface area contributed by atoms with Crippen LogP contribution < -0.4 is 4.74 Å². The van der Waals surface area contributed by atoms with Crippen LogP contribution in [0.25, 0.3) is 22.3 Å². The van der Waals surface area contributed by atoms with Crippen LogP contribution >= 0.6 is 0 Å². The van der Waals surface area contributed by atoms with E-state index in [4.69, 9.17) is 4.74 Å². The number of hydrogen-bond acceptors (Lipinski definition) is 8. The summed E-state index contributed by atoms with van der Waals surface area (Å²) in [6.45, 7) is 6.85. The number of halogens is 2. The molecule has 0 amide bonds. The molecule has 4 rings (SSSR count). The predicted octanol–water partition coefficient (Wildman–Crippen LogP) is 4.09. The fourth-order valence-corrected chi connectivity index (χ4v) is 5.97. The van der Waals surface area contributed by atoms with Gasteiger partial charge in [0.1, 0.15) is 26.7 Å². The number of ether oxygens (including phenoxy) is 1. The van der Waals surface area contributed by atoms with Crippen LogP contribution in [0.3, 0.4) is 0 Å². The molecule has 3 aromatic rings. The number of alkyl halides is 1. The van der Waals surface area contributed by atoms with Crippen LogP contribution in [0.15, 0.2) is 18.3 Å². The van der Waals surface area contributed by atoms with Crippen molar-refractivity contribution in [2.24, 2.45) is 5.41 Å². The summed E-state index contributed by atoms with van der Waals surface area (Å²) in [4.78, 5) is 16.8. The van der Waals surface area contributed by atoms with Crippen LogP contribution in [0, 0.1) is 11.2 Å². The number of fused-ring (bicyclic) bond motifs is 1. The van der Waals surface area contributed by atoms with Crippen molar-refractivity contribution in [3.63, 3.8) is 0 Å². The Labute approximate surface area is 201 Å². The largest absolute Gasteiger partial charge is 0.444 e. The van der Waals surface area contributed by atoms with E-state index >= 15 is 0 Å². The van der Waals surface area contributed by atoms with Crippen molar-refractivity contribution in [2.75, 3.05) is 11.5 Å². The first-order valence-corrected chi connectivity index (χ1v) is 13.2. The lowest BCUT2D eigenvalue weighted by molar-refractivity contribution is 0.0808. The highest BCUT2D eigenvalue weighted by Gasteiger charge is 2.35. The van der Waals surface area contributed by atoms with Gasteiger partial charge < -0.3 is 4.74 Å². The van der Waals surface area contributed by atoms with E-state index < -0.39 is 27.4 Å². The lowest BCUT2D eigenvalue weighted by atomic mass is 9.79. The molecular formula is C23H27F2N5O4S. The topological polar surface area (TPSA) is 117 Å². The summed E-state index contributed by atoms with van der Waals surface area (Å²) in [5, 5.41) is 12.8. The number of sulfone groups is 1. The lowest BCUT2D eigenvalue weighted by Gasteiger charge is -2.32. The highest BCUT2D eigenvalue weighted by atomic mass is 32.2. The van der Waals surface area contributed by atoms with Crippen molar-refractivity contribution in [3.05, 3.63) is 29.8 Å². The molecule has 1 aliphatic heterocycles. The summed E-state index contributed by atoms with van der Waals surface area (Å²) in [5.41, 5.74) is 0.639. The number of nitrogens with zero attached hydrogens (tertiary/aromatic N) is 5. The number of rotatable bonds is 7. The van der Waals surface area contributed by atoms with Gasteiger partial charge in [0.2, 0.25) is 12.2 Å². The summed E-state index contributed by atoms with van der Waals surface area (Å²) in [7, 11) is -3.05. The van der Waals surface area contributed by atoms with Crippen LogP contribution in [-0.4, -0.2) is 57.0 Å². The number of pyridine rings is 1. The summed E-state index contributed by atoms with van der Waals surface area (Å²) < 4.78 is 58.1. The van der Waals surface area contributed by atoms with Gasteiger partial charge in [-0.05, 0) is 38.2 Å². The molecule has 0 aromatic carbocycles. The molecule has 9 nitrogen and oxygen atoms in total. The molecule has 0 radical (unpaired) electrons. The lowest BCUT2D eigenvalue weighted by Crippen LogP contribution is -2.33. The highest BCUT2D eigenvalue weighted by molar-refractivity contribution is 7.91. The van der Waals surface area contributed by atoms with Gasteiger partial charge in [0.25, 0.3) is 0 Å². The SMILES string of the molecule is CC(F)Oc1cc(-c2nn(C(C)C)c3cc(C(=O)CC4(C)CCS(=O)(=O)CC4)nnc23)c(F)cn1. The minimum Gasteiger partial charge on any atom is -0.444 e. The van der Waals surface area contributed by atoms with Crippen LogP contribution in [0.2, 0.25) is 0 Å². The smallest absolute Gasteiger partial charge is 0.237 e. The zero-order valence-electron chi connectivity index (χ0n) is 20.0.